The zero-order valence-electron chi connectivity index (χ0n) is 6.46. The van der Waals surface area contributed by atoms with Crippen LogP contribution in [0.1, 0.15) is 21.1 Å². The summed E-state index contributed by atoms with van der Waals surface area (Å²) in [6.45, 7) is 0. The van der Waals surface area contributed by atoms with Gasteiger partial charge in [0.25, 0.3) is 0 Å². The minimum atomic E-state index is -1.21. The summed E-state index contributed by atoms with van der Waals surface area (Å²) in [4.78, 5) is 21.9. The minimum absolute atomic E-state index is 0.0481. The molecule has 0 aliphatic carbocycles. The summed E-state index contributed by atoms with van der Waals surface area (Å²) in [5.74, 6) is -1.99. The van der Waals surface area contributed by atoms with Crippen LogP contribution < -0.4 is 0 Å². The average Bonchev–Trinajstić information content (AvgIpc) is 2.48. The lowest BCUT2D eigenvalue weighted by atomic mass is 10.3. The highest BCUT2D eigenvalue weighted by Gasteiger charge is 2.32. The van der Waals surface area contributed by atoms with Gasteiger partial charge in [-0.15, -0.1) is 0 Å². The molecule has 4 nitrogen and oxygen atoms in total. The zero-order valence-corrected chi connectivity index (χ0v) is 11.2. The second-order valence-corrected chi connectivity index (χ2v) is 9.06. The van der Waals surface area contributed by atoms with Crippen molar-refractivity contribution in [2.24, 2.45) is 0 Å². The Balaban J connectivity index is 2.99. The first kappa shape index (κ1) is 11.9. The van der Waals surface area contributed by atoms with E-state index in [1.165, 1.54) is 12.1 Å². The van der Waals surface area contributed by atoms with Gasteiger partial charge in [0.2, 0.25) is 13.7 Å². The maximum atomic E-state index is 11.5. The van der Waals surface area contributed by atoms with Crippen LogP contribution in [0.25, 0.3) is 0 Å². The fourth-order valence-electron chi connectivity index (χ4n) is 0.715. The number of hydrogen-bond acceptors (Lipinski definition) is 3. The van der Waals surface area contributed by atoms with E-state index >= 15 is 0 Å². The number of furan rings is 1. The molecule has 14 heavy (non-hydrogen) atoms. The van der Waals surface area contributed by atoms with Gasteiger partial charge in [-0.05, 0) is 12.1 Å². The monoisotopic (exact) mass is 388 g/mol. The number of Topliss-reactive ketones (excluding diaryl/α,β-unsaturated/α-hetero) is 1. The predicted molar refractivity (Wildman–Crippen MR) is 59.5 cm³/mol. The molecule has 0 aromatic carbocycles. The van der Waals surface area contributed by atoms with Crippen LogP contribution in [0.5, 0.6) is 0 Å². The van der Waals surface area contributed by atoms with Crippen LogP contribution in [0, 0.1) is 0 Å². The van der Waals surface area contributed by atoms with Crippen LogP contribution in [-0.4, -0.2) is 19.0 Å². The van der Waals surface area contributed by atoms with Crippen molar-refractivity contribution in [1.29, 1.82) is 0 Å². The standard InChI is InChI=1S/C7H3Br3O4/c8-7(9,10)5(11)3-1-2-4(14-3)6(12)13/h1-2H,(H,12,13). The second-order valence-electron chi connectivity index (χ2n) is 2.30. The van der Waals surface area contributed by atoms with Crippen molar-refractivity contribution in [2.45, 2.75) is 2.14 Å². The van der Waals surface area contributed by atoms with Gasteiger partial charge in [-0.2, -0.15) is 0 Å². The molecular weight excluding hydrogens is 388 g/mol. The molecule has 0 atom stereocenters. The Morgan fingerprint density at radius 2 is 1.71 bits per heavy atom. The summed E-state index contributed by atoms with van der Waals surface area (Å²) >= 11 is 9.01. The number of hydrogen-bond donors (Lipinski definition) is 1. The Bertz CT molecular complexity index is 377. The van der Waals surface area contributed by atoms with Crippen molar-refractivity contribution in [1.82, 2.24) is 0 Å². The van der Waals surface area contributed by atoms with E-state index in [-0.39, 0.29) is 11.5 Å². The van der Waals surface area contributed by atoms with Gasteiger partial charge in [0.05, 0.1) is 0 Å². The van der Waals surface area contributed by atoms with E-state index < -0.39 is 13.9 Å². The van der Waals surface area contributed by atoms with E-state index in [9.17, 15) is 9.59 Å². The van der Waals surface area contributed by atoms with Crippen LogP contribution in [0.2, 0.25) is 0 Å². The van der Waals surface area contributed by atoms with Crippen molar-refractivity contribution in [3.05, 3.63) is 23.7 Å². The molecule has 0 unspecified atom stereocenters. The molecule has 0 spiro atoms. The second kappa shape index (κ2) is 4.16. The molecule has 1 heterocycles. The summed E-state index contributed by atoms with van der Waals surface area (Å²) < 4.78 is 3.67. The largest absolute Gasteiger partial charge is 0.475 e. The number of carboxylic acids is 1. The molecule has 1 aromatic rings. The summed E-state index contributed by atoms with van der Waals surface area (Å²) in [6, 6.07) is 2.51. The highest BCUT2D eigenvalue weighted by atomic mass is 80.0. The first-order valence-corrected chi connectivity index (χ1v) is 5.65. The van der Waals surface area contributed by atoms with Crippen molar-refractivity contribution < 1.29 is 19.1 Å². The molecule has 0 saturated heterocycles. The van der Waals surface area contributed by atoms with Gasteiger partial charge in [0.1, 0.15) is 0 Å². The Hall–Kier alpha value is -0.140. The fraction of sp³-hybridized carbons (Fsp3) is 0.143. The van der Waals surface area contributed by atoms with Crippen LogP contribution in [0.3, 0.4) is 0 Å². The van der Waals surface area contributed by atoms with Gasteiger partial charge in [-0.25, -0.2) is 4.79 Å². The zero-order chi connectivity index (χ0) is 10.9. The van der Waals surface area contributed by atoms with Crippen LogP contribution in [-0.2, 0) is 0 Å². The van der Waals surface area contributed by atoms with Gasteiger partial charge in [-0.3, -0.25) is 4.79 Å². The highest BCUT2D eigenvalue weighted by Crippen LogP contribution is 2.37. The average molecular weight is 391 g/mol. The number of aromatic carboxylic acids is 1. The maximum Gasteiger partial charge on any atom is 0.371 e. The smallest absolute Gasteiger partial charge is 0.371 e. The molecule has 1 rings (SSSR count). The number of rotatable bonds is 2. The van der Waals surface area contributed by atoms with Crippen molar-refractivity contribution in [3.63, 3.8) is 0 Å². The van der Waals surface area contributed by atoms with E-state index in [1.807, 2.05) is 0 Å². The Kier molecular flexibility index (Phi) is 3.54. The van der Waals surface area contributed by atoms with Crippen molar-refractivity contribution in [2.75, 3.05) is 0 Å². The number of alkyl halides is 3. The van der Waals surface area contributed by atoms with Crippen molar-refractivity contribution in [3.8, 4) is 0 Å². The highest BCUT2D eigenvalue weighted by molar-refractivity contribution is 9.40. The Morgan fingerprint density at radius 1 is 1.21 bits per heavy atom. The fourth-order valence-corrected chi connectivity index (χ4v) is 1.30. The van der Waals surface area contributed by atoms with Gasteiger partial charge in [0, 0.05) is 0 Å². The van der Waals surface area contributed by atoms with E-state index in [2.05, 4.69) is 47.8 Å². The molecule has 7 heteroatoms. The molecule has 0 radical (unpaired) electrons. The third kappa shape index (κ3) is 2.68. The van der Waals surface area contributed by atoms with E-state index in [0.29, 0.717) is 0 Å². The lowest BCUT2D eigenvalue weighted by molar-refractivity contribution is 0.0660. The summed E-state index contributed by atoms with van der Waals surface area (Å²) in [6.07, 6.45) is 0. The number of carbonyl (C=O) groups is 2. The molecule has 1 N–H and O–H groups in total. The molecule has 0 aliphatic rings. The lowest BCUT2D eigenvalue weighted by Crippen LogP contribution is -2.16. The Morgan fingerprint density at radius 3 is 2.07 bits per heavy atom. The van der Waals surface area contributed by atoms with Crippen LogP contribution in [0.15, 0.2) is 16.5 Å². The SMILES string of the molecule is O=C(O)c1ccc(C(=O)C(Br)(Br)Br)o1. The van der Waals surface area contributed by atoms with Gasteiger partial charge in [-0.1, -0.05) is 47.8 Å². The predicted octanol–water partition coefficient (Wildman–Crippen LogP) is 3.00. The van der Waals surface area contributed by atoms with E-state index in [4.69, 9.17) is 9.52 Å². The minimum Gasteiger partial charge on any atom is -0.475 e. The molecule has 0 saturated carbocycles. The lowest BCUT2D eigenvalue weighted by Gasteiger charge is -2.06. The topological polar surface area (TPSA) is 67.5 Å². The number of halogens is 3. The number of ketones is 1. The molecule has 0 fully saturated rings. The molecule has 0 amide bonds. The summed E-state index contributed by atoms with van der Waals surface area (Å²) in [5.41, 5.74) is 0. The van der Waals surface area contributed by atoms with Gasteiger partial charge >= 0.3 is 5.97 Å². The molecule has 1 aromatic heterocycles. The summed E-state index contributed by atoms with van der Waals surface area (Å²) in [7, 11) is 0. The van der Waals surface area contributed by atoms with Crippen LogP contribution >= 0.6 is 47.8 Å². The van der Waals surface area contributed by atoms with E-state index in [1.54, 1.807) is 0 Å². The molecular formula is C7H3Br3O4. The maximum absolute atomic E-state index is 11.5. The first-order valence-electron chi connectivity index (χ1n) is 3.27. The van der Waals surface area contributed by atoms with Gasteiger partial charge < -0.3 is 9.52 Å². The molecule has 0 bridgehead atoms. The number of carboxylic acid groups (broad SMARTS) is 1. The third-order valence-electron chi connectivity index (χ3n) is 1.30. The number of carbonyl (C=O) groups excluding carboxylic acids is 1. The van der Waals surface area contributed by atoms with Crippen LogP contribution in [0.4, 0.5) is 0 Å². The Labute approximate surface area is 104 Å². The van der Waals surface area contributed by atoms with Gasteiger partial charge in [0.15, 0.2) is 5.76 Å². The first-order chi connectivity index (χ1) is 6.32. The summed E-state index contributed by atoms with van der Waals surface area (Å²) in [5, 5.41) is 8.54. The third-order valence-corrected chi connectivity index (χ3v) is 2.38. The van der Waals surface area contributed by atoms with Crippen molar-refractivity contribution >= 4 is 59.5 Å². The molecule has 76 valence electrons. The normalized spacial score (nSPS) is 11.4. The molecule has 0 aliphatic heterocycles. The quantitative estimate of drug-likeness (QED) is 0.622. The van der Waals surface area contributed by atoms with E-state index in [0.717, 1.165) is 0 Å².